The van der Waals surface area contributed by atoms with E-state index in [0.29, 0.717) is 12.8 Å². The third-order valence-corrected chi connectivity index (χ3v) is 7.46. The minimum atomic E-state index is -3.76. The average molecular weight is 434 g/mol. The van der Waals surface area contributed by atoms with E-state index in [1.54, 1.807) is 32.9 Å². The summed E-state index contributed by atoms with van der Waals surface area (Å²) in [6.07, 6.45) is 0.285. The predicted molar refractivity (Wildman–Crippen MR) is 109 cm³/mol. The van der Waals surface area contributed by atoms with Crippen LogP contribution in [0.4, 0.5) is 4.79 Å². The van der Waals surface area contributed by atoms with Crippen LogP contribution in [0.25, 0.3) is 0 Å². The van der Waals surface area contributed by atoms with E-state index in [2.05, 4.69) is 11.4 Å². The highest BCUT2D eigenvalue weighted by Gasteiger charge is 2.51. The van der Waals surface area contributed by atoms with Crippen LogP contribution in [0, 0.1) is 18.3 Å². The standard InChI is InChI=1S/C21H27N3O5S/c1-14-5-7-15(8-6-14)30(27,28)16-11-17(18(25)23-21(13-22)9-10-21)24(12-16)19(26)29-20(2,3)4/h5-8,16-17H,9-12H2,1-4H3,(H,23,25)/t16-,17+/m1/s1. The summed E-state index contributed by atoms with van der Waals surface area (Å²) in [7, 11) is -3.76. The first-order chi connectivity index (χ1) is 13.9. The van der Waals surface area contributed by atoms with Crippen LogP contribution in [0.3, 0.4) is 0 Å². The van der Waals surface area contributed by atoms with Gasteiger partial charge in [-0.15, -0.1) is 0 Å². The molecule has 2 amide bonds. The first-order valence-electron chi connectivity index (χ1n) is 9.90. The van der Waals surface area contributed by atoms with Crippen molar-refractivity contribution in [2.45, 2.75) is 74.3 Å². The second kappa shape index (κ2) is 7.58. The van der Waals surface area contributed by atoms with Crippen LogP contribution < -0.4 is 5.32 Å². The lowest BCUT2D eigenvalue weighted by molar-refractivity contribution is -0.126. The molecule has 3 rings (SSSR count). The number of rotatable bonds is 4. The smallest absolute Gasteiger partial charge is 0.411 e. The Morgan fingerprint density at radius 3 is 2.33 bits per heavy atom. The predicted octanol–water partition coefficient (Wildman–Crippen LogP) is 2.32. The van der Waals surface area contributed by atoms with E-state index < -0.39 is 44.3 Å². The summed E-state index contributed by atoms with van der Waals surface area (Å²) < 4.78 is 31.7. The fourth-order valence-corrected chi connectivity index (χ4v) is 5.12. The fourth-order valence-electron chi connectivity index (χ4n) is 3.42. The Morgan fingerprint density at radius 2 is 1.83 bits per heavy atom. The molecule has 0 spiro atoms. The van der Waals surface area contributed by atoms with Crippen molar-refractivity contribution in [3.8, 4) is 6.07 Å². The summed E-state index contributed by atoms with van der Waals surface area (Å²) in [6, 6.07) is 7.54. The lowest BCUT2D eigenvalue weighted by Crippen LogP contribution is -2.50. The Labute approximate surface area is 177 Å². The van der Waals surface area contributed by atoms with Gasteiger partial charge in [0, 0.05) is 6.54 Å². The number of aryl methyl sites for hydroxylation is 1. The molecule has 30 heavy (non-hydrogen) atoms. The van der Waals surface area contributed by atoms with Gasteiger partial charge in [-0.3, -0.25) is 9.69 Å². The molecule has 2 fully saturated rings. The van der Waals surface area contributed by atoms with Crippen LogP contribution in [-0.4, -0.2) is 54.3 Å². The van der Waals surface area contributed by atoms with Gasteiger partial charge in [0.05, 0.1) is 16.2 Å². The number of amides is 2. The van der Waals surface area contributed by atoms with Crippen LogP contribution >= 0.6 is 0 Å². The third-order valence-electron chi connectivity index (χ3n) is 5.31. The van der Waals surface area contributed by atoms with Crippen LogP contribution in [0.5, 0.6) is 0 Å². The number of hydrogen-bond donors (Lipinski definition) is 1. The number of likely N-dealkylation sites (tertiary alicyclic amines) is 1. The van der Waals surface area contributed by atoms with Crippen molar-refractivity contribution in [3.63, 3.8) is 0 Å². The van der Waals surface area contributed by atoms with Crippen LogP contribution in [0.15, 0.2) is 29.2 Å². The number of benzene rings is 1. The Kier molecular flexibility index (Phi) is 5.58. The van der Waals surface area contributed by atoms with Gasteiger partial charge in [0.2, 0.25) is 5.91 Å². The molecule has 8 nitrogen and oxygen atoms in total. The Bertz CT molecular complexity index is 985. The van der Waals surface area contributed by atoms with Crippen LogP contribution in [0.2, 0.25) is 0 Å². The molecule has 1 heterocycles. The quantitative estimate of drug-likeness (QED) is 0.779. The summed E-state index contributed by atoms with van der Waals surface area (Å²) in [5.74, 6) is -0.526. The van der Waals surface area contributed by atoms with Crippen molar-refractivity contribution >= 4 is 21.8 Å². The molecule has 162 valence electrons. The zero-order chi connectivity index (χ0) is 22.3. The second-order valence-electron chi connectivity index (χ2n) is 9.05. The molecule has 1 aromatic rings. The summed E-state index contributed by atoms with van der Waals surface area (Å²) in [5, 5.41) is 11.0. The molecule has 2 aliphatic rings. The average Bonchev–Trinajstić information content (AvgIpc) is 3.25. The van der Waals surface area contributed by atoms with Crippen molar-refractivity contribution in [2.24, 2.45) is 0 Å². The SMILES string of the molecule is Cc1ccc(S(=O)(=O)[C@@H]2C[C@@H](C(=O)NC3(C#N)CC3)N(C(=O)OC(C)(C)C)C2)cc1. The van der Waals surface area contributed by atoms with E-state index in [9.17, 15) is 23.3 Å². The lowest BCUT2D eigenvalue weighted by atomic mass is 10.2. The van der Waals surface area contributed by atoms with Gasteiger partial charge < -0.3 is 10.1 Å². The summed E-state index contributed by atoms with van der Waals surface area (Å²) >= 11 is 0. The molecule has 1 saturated heterocycles. The summed E-state index contributed by atoms with van der Waals surface area (Å²) in [4.78, 5) is 27.0. The molecule has 1 saturated carbocycles. The van der Waals surface area contributed by atoms with Gasteiger partial charge in [0.25, 0.3) is 0 Å². The molecule has 0 radical (unpaired) electrons. The zero-order valence-corrected chi connectivity index (χ0v) is 18.5. The van der Waals surface area contributed by atoms with E-state index >= 15 is 0 Å². The van der Waals surface area contributed by atoms with Gasteiger partial charge in [0.15, 0.2) is 9.84 Å². The fraction of sp³-hybridized carbons (Fsp3) is 0.571. The topological polar surface area (TPSA) is 117 Å². The molecule has 1 aliphatic heterocycles. The number of carbonyl (C=O) groups excluding carboxylic acids is 2. The number of nitrogens with one attached hydrogen (secondary N) is 1. The summed E-state index contributed by atoms with van der Waals surface area (Å²) in [5.41, 5.74) is -0.777. The van der Waals surface area contributed by atoms with Crippen molar-refractivity contribution < 1.29 is 22.7 Å². The van der Waals surface area contributed by atoms with Crippen LogP contribution in [-0.2, 0) is 19.4 Å². The molecule has 0 aromatic heterocycles. The van der Waals surface area contributed by atoms with Crippen molar-refractivity contribution in [2.75, 3.05) is 6.54 Å². The van der Waals surface area contributed by atoms with Gasteiger partial charge in [-0.1, -0.05) is 17.7 Å². The molecule has 0 unspecified atom stereocenters. The van der Waals surface area contributed by atoms with Crippen molar-refractivity contribution in [3.05, 3.63) is 29.8 Å². The molecule has 2 atom stereocenters. The number of sulfone groups is 1. The molecule has 9 heteroatoms. The van der Waals surface area contributed by atoms with E-state index in [-0.39, 0.29) is 17.9 Å². The maximum atomic E-state index is 13.2. The lowest BCUT2D eigenvalue weighted by Gasteiger charge is -2.28. The van der Waals surface area contributed by atoms with E-state index in [1.807, 2.05) is 6.92 Å². The monoisotopic (exact) mass is 433 g/mol. The molecule has 0 bridgehead atoms. The number of carbonyl (C=O) groups is 2. The molecule has 1 aliphatic carbocycles. The zero-order valence-electron chi connectivity index (χ0n) is 17.6. The van der Waals surface area contributed by atoms with Gasteiger partial charge in [-0.05, 0) is 59.1 Å². The molecule has 1 aromatic carbocycles. The highest BCUT2D eigenvalue weighted by molar-refractivity contribution is 7.92. The van der Waals surface area contributed by atoms with E-state index in [1.165, 1.54) is 17.0 Å². The maximum absolute atomic E-state index is 13.2. The normalized spacial score (nSPS) is 22.8. The highest BCUT2D eigenvalue weighted by atomic mass is 32.2. The van der Waals surface area contributed by atoms with Gasteiger partial charge in [-0.25, -0.2) is 13.2 Å². The van der Waals surface area contributed by atoms with Gasteiger partial charge in [-0.2, -0.15) is 5.26 Å². The summed E-state index contributed by atoms with van der Waals surface area (Å²) in [6.45, 7) is 6.81. The maximum Gasteiger partial charge on any atom is 0.411 e. The second-order valence-corrected chi connectivity index (χ2v) is 11.3. The largest absolute Gasteiger partial charge is 0.444 e. The minimum absolute atomic E-state index is 0.0528. The molecular weight excluding hydrogens is 406 g/mol. The number of ether oxygens (including phenoxy) is 1. The van der Waals surface area contributed by atoms with E-state index in [0.717, 1.165) is 5.56 Å². The van der Waals surface area contributed by atoms with Gasteiger partial charge >= 0.3 is 6.09 Å². The molecule has 1 N–H and O–H groups in total. The first-order valence-corrected chi connectivity index (χ1v) is 11.4. The Hall–Kier alpha value is -2.60. The van der Waals surface area contributed by atoms with Gasteiger partial charge in [0.1, 0.15) is 17.2 Å². The highest BCUT2D eigenvalue weighted by Crippen LogP contribution is 2.36. The number of nitriles is 1. The Balaban J connectivity index is 1.87. The third kappa shape index (κ3) is 4.59. The molecular formula is C21H27N3O5S. The van der Waals surface area contributed by atoms with Crippen molar-refractivity contribution in [1.82, 2.24) is 10.2 Å². The number of hydrogen-bond acceptors (Lipinski definition) is 6. The number of nitrogens with zero attached hydrogens (tertiary/aromatic N) is 2. The minimum Gasteiger partial charge on any atom is -0.444 e. The Morgan fingerprint density at radius 1 is 1.23 bits per heavy atom. The van der Waals surface area contributed by atoms with Crippen molar-refractivity contribution in [1.29, 1.82) is 5.26 Å². The van der Waals surface area contributed by atoms with Crippen LogP contribution in [0.1, 0.15) is 45.6 Å². The van der Waals surface area contributed by atoms with E-state index in [4.69, 9.17) is 4.74 Å². The first kappa shape index (κ1) is 22.1.